The van der Waals surface area contributed by atoms with E-state index in [1.54, 1.807) is 24.5 Å². The zero-order valence-corrected chi connectivity index (χ0v) is 16.8. The first kappa shape index (κ1) is 20.0. The lowest BCUT2D eigenvalue weighted by atomic mass is 9.79. The predicted octanol–water partition coefficient (Wildman–Crippen LogP) is 3.55. The summed E-state index contributed by atoms with van der Waals surface area (Å²) in [5.41, 5.74) is 8.11. The zero-order chi connectivity index (χ0) is 20.4. The van der Waals surface area contributed by atoms with Crippen molar-refractivity contribution in [2.75, 3.05) is 11.9 Å². The molecule has 6 heteroatoms. The Kier molecular flexibility index (Phi) is 5.65. The SMILES string of the molecule is C[C@@H]1CN[C@@H](C(=O)Nc2cc(C(N)(CCC3CC3)c3ccncc3)ccc2F)C1. The van der Waals surface area contributed by atoms with Gasteiger partial charge in [-0.05, 0) is 73.0 Å². The van der Waals surface area contributed by atoms with E-state index in [2.05, 4.69) is 22.5 Å². The number of carbonyl (C=O) groups is 1. The van der Waals surface area contributed by atoms with E-state index in [1.165, 1.54) is 18.9 Å². The van der Waals surface area contributed by atoms with Crippen molar-refractivity contribution >= 4 is 11.6 Å². The molecule has 5 nitrogen and oxygen atoms in total. The van der Waals surface area contributed by atoms with Gasteiger partial charge in [0.1, 0.15) is 5.82 Å². The van der Waals surface area contributed by atoms with Crippen molar-refractivity contribution in [2.45, 2.75) is 50.6 Å². The van der Waals surface area contributed by atoms with Crippen LogP contribution in [-0.4, -0.2) is 23.5 Å². The van der Waals surface area contributed by atoms with Crippen LogP contribution >= 0.6 is 0 Å². The second-order valence-corrected chi connectivity index (χ2v) is 8.67. The number of aromatic nitrogens is 1. The smallest absolute Gasteiger partial charge is 0.241 e. The number of nitrogens with one attached hydrogen (secondary N) is 2. The molecular weight excluding hydrogens is 367 g/mol. The van der Waals surface area contributed by atoms with Gasteiger partial charge >= 0.3 is 0 Å². The van der Waals surface area contributed by atoms with Gasteiger partial charge in [-0.25, -0.2) is 4.39 Å². The molecule has 2 fully saturated rings. The van der Waals surface area contributed by atoms with Crippen LogP contribution < -0.4 is 16.4 Å². The number of anilines is 1. The molecule has 1 amide bonds. The normalized spacial score (nSPS) is 23.6. The van der Waals surface area contributed by atoms with Crippen molar-refractivity contribution in [1.29, 1.82) is 0 Å². The summed E-state index contributed by atoms with van der Waals surface area (Å²) in [5, 5.41) is 5.96. The Labute approximate surface area is 171 Å². The van der Waals surface area contributed by atoms with Crippen molar-refractivity contribution in [1.82, 2.24) is 10.3 Å². The first-order valence-corrected chi connectivity index (χ1v) is 10.5. The van der Waals surface area contributed by atoms with Crippen LogP contribution in [0, 0.1) is 17.7 Å². The predicted molar refractivity (Wildman–Crippen MR) is 112 cm³/mol. The highest BCUT2D eigenvalue weighted by molar-refractivity contribution is 5.95. The van der Waals surface area contributed by atoms with Gasteiger partial charge in [0.2, 0.25) is 5.91 Å². The second-order valence-electron chi connectivity index (χ2n) is 8.67. The van der Waals surface area contributed by atoms with Crippen LogP contribution in [-0.2, 0) is 10.3 Å². The third-order valence-electron chi connectivity index (χ3n) is 6.25. The van der Waals surface area contributed by atoms with Gasteiger partial charge in [0, 0.05) is 12.4 Å². The molecule has 29 heavy (non-hydrogen) atoms. The van der Waals surface area contributed by atoms with Crippen molar-refractivity contribution in [3.63, 3.8) is 0 Å². The molecule has 1 saturated heterocycles. The van der Waals surface area contributed by atoms with Crippen LogP contribution in [0.4, 0.5) is 10.1 Å². The average molecular weight is 397 g/mol. The first-order chi connectivity index (χ1) is 14.0. The van der Waals surface area contributed by atoms with E-state index in [-0.39, 0.29) is 17.6 Å². The van der Waals surface area contributed by atoms with Crippen LogP contribution in [0.5, 0.6) is 0 Å². The number of amides is 1. The third-order valence-corrected chi connectivity index (χ3v) is 6.25. The summed E-state index contributed by atoms with van der Waals surface area (Å²) in [6.45, 7) is 2.90. The maximum Gasteiger partial charge on any atom is 0.241 e. The first-order valence-electron chi connectivity index (χ1n) is 10.5. The van der Waals surface area contributed by atoms with Gasteiger partial charge in [0.05, 0.1) is 17.3 Å². The van der Waals surface area contributed by atoms with Crippen molar-refractivity contribution in [3.05, 3.63) is 59.7 Å². The second kappa shape index (κ2) is 8.20. The average Bonchev–Trinajstić information content (AvgIpc) is 3.46. The molecule has 1 aliphatic carbocycles. The Morgan fingerprint density at radius 2 is 2.03 bits per heavy atom. The highest BCUT2D eigenvalue weighted by Crippen LogP contribution is 2.40. The van der Waals surface area contributed by atoms with E-state index in [4.69, 9.17) is 5.73 Å². The molecular formula is C23H29FN4O. The third kappa shape index (κ3) is 4.49. The minimum absolute atomic E-state index is 0.184. The molecule has 2 aliphatic rings. The van der Waals surface area contributed by atoms with E-state index in [0.717, 1.165) is 42.9 Å². The highest BCUT2D eigenvalue weighted by Gasteiger charge is 2.34. The Morgan fingerprint density at radius 1 is 1.28 bits per heavy atom. The summed E-state index contributed by atoms with van der Waals surface area (Å²) in [6.07, 6.45) is 8.52. The fourth-order valence-electron chi connectivity index (χ4n) is 4.17. The molecule has 2 heterocycles. The molecule has 1 saturated carbocycles. The summed E-state index contributed by atoms with van der Waals surface area (Å²) < 4.78 is 14.5. The molecule has 1 unspecified atom stereocenters. The Bertz CT molecular complexity index is 870. The number of hydrogen-bond acceptors (Lipinski definition) is 4. The lowest BCUT2D eigenvalue weighted by Crippen LogP contribution is -2.39. The van der Waals surface area contributed by atoms with Crippen LogP contribution in [0.1, 0.15) is 50.2 Å². The van der Waals surface area contributed by atoms with E-state index in [9.17, 15) is 9.18 Å². The van der Waals surface area contributed by atoms with Crippen LogP contribution in [0.2, 0.25) is 0 Å². The largest absolute Gasteiger partial charge is 0.322 e. The monoisotopic (exact) mass is 396 g/mol. The molecule has 1 aromatic heterocycles. The van der Waals surface area contributed by atoms with Gasteiger partial charge in [-0.15, -0.1) is 0 Å². The summed E-state index contributed by atoms with van der Waals surface area (Å²) in [7, 11) is 0. The van der Waals surface area contributed by atoms with Crippen LogP contribution in [0.25, 0.3) is 0 Å². The number of carbonyl (C=O) groups excluding carboxylic acids is 1. The van der Waals surface area contributed by atoms with Crippen LogP contribution in [0.3, 0.4) is 0 Å². The lowest BCUT2D eigenvalue weighted by Gasteiger charge is -2.31. The van der Waals surface area contributed by atoms with Gasteiger partial charge in [-0.1, -0.05) is 25.8 Å². The minimum Gasteiger partial charge on any atom is -0.322 e. The van der Waals surface area contributed by atoms with Gasteiger partial charge < -0.3 is 16.4 Å². The number of nitrogens with zero attached hydrogens (tertiary/aromatic N) is 1. The molecule has 0 radical (unpaired) electrons. The van der Waals surface area contributed by atoms with Gasteiger partial charge in [0.25, 0.3) is 0 Å². The number of rotatable bonds is 7. The van der Waals surface area contributed by atoms with E-state index in [1.807, 2.05) is 12.1 Å². The summed E-state index contributed by atoms with van der Waals surface area (Å²) in [4.78, 5) is 16.7. The number of hydrogen-bond donors (Lipinski definition) is 3. The zero-order valence-electron chi connectivity index (χ0n) is 16.8. The fraction of sp³-hybridized carbons (Fsp3) is 0.478. The molecule has 4 N–H and O–H groups in total. The number of pyridine rings is 1. The van der Waals surface area contributed by atoms with Gasteiger partial charge in [-0.3, -0.25) is 9.78 Å². The molecule has 0 bridgehead atoms. The standard InChI is InChI=1S/C23H29FN4O/c1-15-12-21(27-14-15)22(29)28-20-13-18(4-5-19(20)24)23(25,9-6-16-2-3-16)17-7-10-26-11-8-17/h4-5,7-8,10-11,13,15-16,21,27H,2-3,6,9,12,14,25H2,1H3,(H,28,29)/t15-,21+,23?/m0/s1. The Hall–Kier alpha value is -2.31. The lowest BCUT2D eigenvalue weighted by molar-refractivity contribution is -0.117. The van der Waals surface area contributed by atoms with Gasteiger partial charge in [0.15, 0.2) is 0 Å². The maximum atomic E-state index is 14.5. The number of halogens is 1. The number of benzene rings is 1. The molecule has 2 aromatic rings. The van der Waals surface area contributed by atoms with Crippen molar-refractivity contribution < 1.29 is 9.18 Å². The fourth-order valence-corrected chi connectivity index (χ4v) is 4.17. The van der Waals surface area contributed by atoms with E-state index < -0.39 is 11.4 Å². The van der Waals surface area contributed by atoms with E-state index >= 15 is 0 Å². The molecule has 154 valence electrons. The Balaban J connectivity index is 1.61. The molecule has 1 aromatic carbocycles. The topological polar surface area (TPSA) is 80.0 Å². The quantitative estimate of drug-likeness (QED) is 0.669. The molecule has 4 rings (SSSR count). The molecule has 3 atom stereocenters. The summed E-state index contributed by atoms with van der Waals surface area (Å²) in [6, 6.07) is 8.37. The summed E-state index contributed by atoms with van der Waals surface area (Å²) in [5.74, 6) is 0.518. The molecule has 1 aliphatic heterocycles. The maximum absolute atomic E-state index is 14.5. The van der Waals surface area contributed by atoms with Gasteiger partial charge in [-0.2, -0.15) is 0 Å². The van der Waals surface area contributed by atoms with Crippen LogP contribution in [0.15, 0.2) is 42.7 Å². The summed E-state index contributed by atoms with van der Waals surface area (Å²) >= 11 is 0. The molecule has 0 spiro atoms. The van der Waals surface area contributed by atoms with E-state index in [0.29, 0.717) is 5.92 Å². The van der Waals surface area contributed by atoms with Crippen molar-refractivity contribution in [2.24, 2.45) is 17.6 Å². The minimum atomic E-state index is -0.751. The Morgan fingerprint density at radius 3 is 2.69 bits per heavy atom. The number of nitrogens with two attached hydrogens (primary N) is 1. The highest BCUT2D eigenvalue weighted by atomic mass is 19.1. The van der Waals surface area contributed by atoms with Crippen molar-refractivity contribution in [3.8, 4) is 0 Å².